The molecular weight excluding hydrogens is 144 g/mol. The third-order valence-electron chi connectivity index (χ3n) is 1.45. The van der Waals surface area contributed by atoms with Crippen LogP contribution in [0.2, 0.25) is 0 Å². The average Bonchev–Trinajstić information content (AvgIpc) is 1.98. The molecule has 1 atom stereocenters. The Morgan fingerprint density at radius 2 is 2.40 bits per heavy atom. The van der Waals surface area contributed by atoms with E-state index in [4.69, 9.17) is 5.53 Å². The molecule has 0 spiro atoms. The molecule has 0 bridgehead atoms. The van der Waals surface area contributed by atoms with Crippen molar-refractivity contribution in [3.63, 3.8) is 0 Å². The maximum atomic E-state index is 6.47. The topological polar surface area (TPSA) is 36.2 Å². The lowest BCUT2D eigenvalue weighted by atomic mass is 10.1. The maximum absolute atomic E-state index is 6.47. The van der Waals surface area contributed by atoms with Crippen molar-refractivity contribution in [1.29, 1.82) is 5.53 Å². The number of allylic oxidation sites excluding steroid dienone is 1. The zero-order valence-electron chi connectivity index (χ0n) is 6.50. The summed E-state index contributed by atoms with van der Waals surface area (Å²) in [6, 6.07) is 0. The Kier molecular flexibility index (Phi) is 6.59. The highest BCUT2D eigenvalue weighted by Gasteiger charge is 1.92. The molecule has 1 unspecified atom stereocenters. The average molecular weight is 158 g/mol. The second-order valence-corrected chi connectivity index (χ2v) is 2.98. The predicted octanol–water partition coefficient (Wildman–Crippen LogP) is 3.62. The molecule has 3 heteroatoms. The molecular formula is C7H14N2S. The molecule has 0 radical (unpaired) electrons. The highest BCUT2D eigenvalue weighted by atomic mass is 32.2. The van der Waals surface area contributed by atoms with E-state index in [1.54, 1.807) is 0 Å². The van der Waals surface area contributed by atoms with E-state index >= 15 is 0 Å². The molecule has 2 nitrogen and oxygen atoms in total. The monoisotopic (exact) mass is 158 g/mol. The van der Waals surface area contributed by atoms with Crippen molar-refractivity contribution in [2.75, 3.05) is 0 Å². The van der Waals surface area contributed by atoms with Crippen LogP contribution >= 0.6 is 11.9 Å². The van der Waals surface area contributed by atoms with E-state index in [-0.39, 0.29) is 0 Å². The minimum absolute atomic E-state index is 0.752. The summed E-state index contributed by atoms with van der Waals surface area (Å²) in [6.07, 6.45) is 4.38. The third kappa shape index (κ3) is 5.82. The van der Waals surface area contributed by atoms with Gasteiger partial charge in [-0.15, -0.1) is 4.52 Å². The maximum Gasteiger partial charge on any atom is 0.0252 e. The number of nitrogens with zero attached hydrogens (tertiary/aromatic N) is 1. The smallest absolute Gasteiger partial charge is 0.0252 e. The normalized spacial score (nSPS) is 13.8. The van der Waals surface area contributed by atoms with Gasteiger partial charge in [0, 0.05) is 11.9 Å². The molecule has 0 aromatic carbocycles. The molecule has 0 amide bonds. The van der Waals surface area contributed by atoms with Gasteiger partial charge in [-0.3, -0.25) is 0 Å². The van der Waals surface area contributed by atoms with Gasteiger partial charge in [0.25, 0.3) is 0 Å². The first kappa shape index (κ1) is 9.69. The van der Waals surface area contributed by atoms with Crippen LogP contribution in [0.25, 0.3) is 0 Å². The van der Waals surface area contributed by atoms with E-state index in [0.717, 1.165) is 12.3 Å². The van der Waals surface area contributed by atoms with Crippen molar-refractivity contribution >= 4 is 11.9 Å². The van der Waals surface area contributed by atoms with Gasteiger partial charge in [-0.25, -0.2) is 0 Å². The minimum Gasteiger partial charge on any atom is -0.197 e. The van der Waals surface area contributed by atoms with Crippen LogP contribution in [0.5, 0.6) is 0 Å². The Morgan fingerprint density at radius 1 is 1.70 bits per heavy atom. The van der Waals surface area contributed by atoms with Crippen LogP contribution in [0.3, 0.4) is 0 Å². The summed E-state index contributed by atoms with van der Waals surface area (Å²) in [7, 11) is 0. The van der Waals surface area contributed by atoms with Crippen LogP contribution in [0.4, 0.5) is 0 Å². The van der Waals surface area contributed by atoms with Gasteiger partial charge in [0.2, 0.25) is 0 Å². The van der Waals surface area contributed by atoms with E-state index < -0.39 is 0 Å². The molecule has 0 saturated heterocycles. The Morgan fingerprint density at radius 3 is 2.90 bits per heavy atom. The summed E-state index contributed by atoms with van der Waals surface area (Å²) in [4.78, 5) is 0. The van der Waals surface area contributed by atoms with Crippen molar-refractivity contribution < 1.29 is 0 Å². The van der Waals surface area contributed by atoms with Crippen LogP contribution in [0.15, 0.2) is 16.0 Å². The van der Waals surface area contributed by atoms with Crippen molar-refractivity contribution in [3.8, 4) is 0 Å². The molecule has 0 aliphatic carbocycles. The summed E-state index contributed by atoms with van der Waals surface area (Å²) in [6.45, 7) is 4.40. The standard InChI is InChI=1S/C7H14N2S/c1-3-7(2)5-4-6-10-9-8/h4,6-8H,3,5H2,1-2H3/b6-4-,9-8?. The summed E-state index contributed by atoms with van der Waals surface area (Å²) in [5.41, 5.74) is 6.47. The number of nitrogens with one attached hydrogen (secondary N) is 1. The van der Waals surface area contributed by atoms with Crippen molar-refractivity contribution in [1.82, 2.24) is 0 Å². The predicted molar refractivity (Wildman–Crippen MR) is 46.0 cm³/mol. The molecule has 0 aliphatic rings. The van der Waals surface area contributed by atoms with Crippen LogP contribution in [0, 0.1) is 11.4 Å². The van der Waals surface area contributed by atoms with Crippen molar-refractivity contribution in [3.05, 3.63) is 11.5 Å². The summed E-state index contributed by atoms with van der Waals surface area (Å²) in [5, 5.41) is 1.86. The lowest BCUT2D eigenvalue weighted by Gasteiger charge is -2.00. The Hall–Kier alpha value is -0.310. The highest BCUT2D eigenvalue weighted by molar-refractivity contribution is 8.00. The Balaban J connectivity index is 3.24. The molecule has 0 saturated carbocycles. The lowest BCUT2D eigenvalue weighted by molar-refractivity contribution is 0.572. The lowest BCUT2D eigenvalue weighted by Crippen LogP contribution is -1.86. The van der Waals surface area contributed by atoms with Crippen LogP contribution in [-0.2, 0) is 0 Å². The van der Waals surface area contributed by atoms with Gasteiger partial charge in [0.15, 0.2) is 0 Å². The largest absolute Gasteiger partial charge is 0.197 e. The van der Waals surface area contributed by atoms with Gasteiger partial charge in [0.05, 0.1) is 0 Å². The Bertz CT molecular complexity index is 112. The minimum atomic E-state index is 0.752. The van der Waals surface area contributed by atoms with Gasteiger partial charge < -0.3 is 0 Å². The molecule has 0 aliphatic heterocycles. The van der Waals surface area contributed by atoms with Gasteiger partial charge in [-0.2, -0.15) is 5.53 Å². The highest BCUT2D eigenvalue weighted by Crippen LogP contribution is 2.09. The van der Waals surface area contributed by atoms with E-state index in [9.17, 15) is 0 Å². The number of hydrogen-bond donors (Lipinski definition) is 1. The second-order valence-electron chi connectivity index (χ2n) is 2.32. The molecule has 0 rings (SSSR count). The van der Waals surface area contributed by atoms with Crippen LogP contribution < -0.4 is 0 Å². The van der Waals surface area contributed by atoms with E-state index in [1.807, 2.05) is 5.41 Å². The first-order valence-electron chi connectivity index (χ1n) is 3.48. The van der Waals surface area contributed by atoms with E-state index in [0.29, 0.717) is 0 Å². The SMILES string of the molecule is CCC(C)C/C=C\SN=N. The fourth-order valence-corrected chi connectivity index (χ4v) is 0.786. The van der Waals surface area contributed by atoms with E-state index in [1.165, 1.54) is 18.4 Å². The van der Waals surface area contributed by atoms with E-state index in [2.05, 4.69) is 24.4 Å². The van der Waals surface area contributed by atoms with Crippen molar-refractivity contribution in [2.45, 2.75) is 26.7 Å². The molecule has 0 fully saturated rings. The first-order chi connectivity index (χ1) is 4.81. The number of rotatable bonds is 5. The summed E-state index contributed by atoms with van der Waals surface area (Å²) in [5.74, 6) is 0.752. The van der Waals surface area contributed by atoms with Gasteiger partial charge >= 0.3 is 0 Å². The zero-order valence-corrected chi connectivity index (χ0v) is 7.32. The first-order valence-corrected chi connectivity index (χ1v) is 4.32. The molecule has 58 valence electrons. The van der Waals surface area contributed by atoms with Gasteiger partial charge in [0.1, 0.15) is 0 Å². The molecule has 10 heavy (non-hydrogen) atoms. The Labute approximate surface area is 66.7 Å². The fraction of sp³-hybridized carbons (Fsp3) is 0.714. The van der Waals surface area contributed by atoms with Gasteiger partial charge in [-0.1, -0.05) is 26.3 Å². The molecule has 0 heterocycles. The summed E-state index contributed by atoms with van der Waals surface area (Å²) < 4.78 is 3.14. The van der Waals surface area contributed by atoms with Crippen LogP contribution in [-0.4, -0.2) is 0 Å². The molecule has 1 N–H and O–H groups in total. The number of hydrogen-bond acceptors (Lipinski definition) is 3. The third-order valence-corrected chi connectivity index (χ3v) is 1.86. The zero-order chi connectivity index (χ0) is 7.82. The quantitative estimate of drug-likeness (QED) is 0.481. The molecule has 0 aromatic rings. The molecule has 0 aromatic heterocycles. The van der Waals surface area contributed by atoms with Gasteiger partial charge in [-0.05, 0) is 17.7 Å². The van der Waals surface area contributed by atoms with Crippen molar-refractivity contribution in [2.24, 2.45) is 10.4 Å². The fourth-order valence-electron chi connectivity index (χ4n) is 0.528. The van der Waals surface area contributed by atoms with Crippen LogP contribution in [0.1, 0.15) is 26.7 Å². The second kappa shape index (κ2) is 6.81. The summed E-state index contributed by atoms with van der Waals surface area (Å²) >= 11 is 1.17.